The second-order valence-electron chi connectivity index (χ2n) is 4.51. The van der Waals surface area contributed by atoms with Gasteiger partial charge in [-0.1, -0.05) is 0 Å². The molecule has 1 fully saturated rings. The highest BCUT2D eigenvalue weighted by molar-refractivity contribution is 5.78. The van der Waals surface area contributed by atoms with Crippen molar-refractivity contribution in [1.29, 1.82) is 0 Å². The number of nitrogens with one attached hydrogen (secondary N) is 1. The number of hydrogen-bond acceptors (Lipinski definition) is 4. The van der Waals surface area contributed by atoms with Crippen LogP contribution >= 0.6 is 0 Å². The van der Waals surface area contributed by atoms with Gasteiger partial charge in [-0.15, -0.1) is 0 Å². The zero-order valence-electron chi connectivity index (χ0n) is 9.23. The lowest BCUT2D eigenvalue weighted by Gasteiger charge is -2.12. The van der Waals surface area contributed by atoms with Gasteiger partial charge in [0.05, 0.1) is 5.41 Å². The van der Waals surface area contributed by atoms with E-state index in [9.17, 15) is 4.79 Å². The number of ether oxygens (including phenoxy) is 2. The molecule has 0 amide bonds. The van der Waals surface area contributed by atoms with Gasteiger partial charge < -0.3 is 19.9 Å². The molecule has 5 nitrogen and oxygen atoms in total. The number of aliphatic carboxylic acids is 1. The van der Waals surface area contributed by atoms with Gasteiger partial charge in [0.25, 0.3) is 0 Å². The summed E-state index contributed by atoms with van der Waals surface area (Å²) >= 11 is 0. The van der Waals surface area contributed by atoms with Gasteiger partial charge >= 0.3 is 5.97 Å². The van der Waals surface area contributed by atoms with E-state index in [-0.39, 0.29) is 6.79 Å². The summed E-state index contributed by atoms with van der Waals surface area (Å²) in [4.78, 5) is 11.0. The average molecular weight is 235 g/mol. The van der Waals surface area contributed by atoms with Crippen molar-refractivity contribution in [3.8, 4) is 11.5 Å². The molecule has 0 bridgehead atoms. The van der Waals surface area contributed by atoms with Crippen LogP contribution in [0.15, 0.2) is 18.2 Å². The molecule has 1 aromatic rings. The van der Waals surface area contributed by atoms with Crippen molar-refractivity contribution < 1.29 is 19.4 Å². The fourth-order valence-electron chi connectivity index (χ4n) is 1.89. The van der Waals surface area contributed by atoms with Gasteiger partial charge in [0.1, 0.15) is 0 Å². The third kappa shape index (κ3) is 1.77. The topological polar surface area (TPSA) is 67.8 Å². The number of carboxylic acids is 1. The van der Waals surface area contributed by atoms with Crippen LogP contribution in [0.2, 0.25) is 0 Å². The lowest BCUT2D eigenvalue weighted by Crippen LogP contribution is -2.24. The number of carboxylic acid groups (broad SMARTS) is 1. The fourth-order valence-corrected chi connectivity index (χ4v) is 1.89. The Labute approximate surface area is 98.3 Å². The SMILES string of the molecule is O=C(O)C1(CNc2ccc3c(c2)OCO3)CC1. The van der Waals surface area contributed by atoms with Crippen molar-refractivity contribution in [2.24, 2.45) is 5.41 Å². The fraction of sp³-hybridized carbons (Fsp3) is 0.417. The summed E-state index contributed by atoms with van der Waals surface area (Å²) in [5.41, 5.74) is 0.304. The van der Waals surface area contributed by atoms with Gasteiger partial charge in [-0.2, -0.15) is 0 Å². The maximum Gasteiger partial charge on any atom is 0.311 e. The van der Waals surface area contributed by atoms with Crippen LogP contribution in [0.4, 0.5) is 5.69 Å². The molecule has 0 saturated heterocycles. The Bertz CT molecular complexity index is 468. The summed E-state index contributed by atoms with van der Waals surface area (Å²) in [7, 11) is 0. The summed E-state index contributed by atoms with van der Waals surface area (Å²) in [5, 5.41) is 12.2. The van der Waals surface area contributed by atoms with Crippen LogP contribution in [0, 0.1) is 5.41 Å². The Morgan fingerprint density at radius 3 is 2.82 bits per heavy atom. The summed E-state index contributed by atoms with van der Waals surface area (Å²) in [5.74, 6) is 0.718. The molecular weight excluding hydrogens is 222 g/mol. The lowest BCUT2D eigenvalue weighted by atomic mass is 10.1. The summed E-state index contributed by atoms with van der Waals surface area (Å²) in [6.07, 6.45) is 1.50. The van der Waals surface area contributed by atoms with Crippen LogP contribution in [-0.2, 0) is 4.79 Å². The molecule has 2 aliphatic rings. The normalized spacial score (nSPS) is 18.8. The zero-order valence-corrected chi connectivity index (χ0v) is 9.23. The molecule has 17 heavy (non-hydrogen) atoms. The molecule has 0 atom stereocenters. The Hall–Kier alpha value is -1.91. The Balaban J connectivity index is 1.68. The minimum atomic E-state index is -0.717. The molecular formula is C12H13NO4. The van der Waals surface area contributed by atoms with Crippen molar-refractivity contribution >= 4 is 11.7 Å². The third-order valence-corrected chi connectivity index (χ3v) is 3.31. The second kappa shape index (κ2) is 3.55. The van der Waals surface area contributed by atoms with Gasteiger partial charge in [-0.3, -0.25) is 4.79 Å². The van der Waals surface area contributed by atoms with Gasteiger partial charge in [0, 0.05) is 18.3 Å². The van der Waals surface area contributed by atoms with Crippen LogP contribution in [-0.4, -0.2) is 24.4 Å². The maximum absolute atomic E-state index is 11.0. The van der Waals surface area contributed by atoms with Gasteiger partial charge in [0.15, 0.2) is 11.5 Å². The molecule has 1 aromatic carbocycles. The molecule has 5 heteroatoms. The Morgan fingerprint density at radius 2 is 2.12 bits per heavy atom. The lowest BCUT2D eigenvalue weighted by molar-refractivity contribution is -0.142. The highest BCUT2D eigenvalue weighted by Crippen LogP contribution is 2.46. The Morgan fingerprint density at radius 1 is 1.35 bits per heavy atom. The molecule has 0 unspecified atom stereocenters. The van der Waals surface area contributed by atoms with E-state index in [0.29, 0.717) is 12.3 Å². The third-order valence-electron chi connectivity index (χ3n) is 3.31. The molecule has 1 saturated carbocycles. The number of anilines is 1. The first-order valence-electron chi connectivity index (χ1n) is 5.57. The van der Waals surface area contributed by atoms with Gasteiger partial charge in [-0.05, 0) is 25.0 Å². The molecule has 1 heterocycles. The van der Waals surface area contributed by atoms with Crippen molar-refractivity contribution in [3.63, 3.8) is 0 Å². The predicted molar refractivity (Wildman–Crippen MR) is 60.4 cm³/mol. The van der Waals surface area contributed by atoms with E-state index >= 15 is 0 Å². The van der Waals surface area contributed by atoms with E-state index in [1.165, 1.54) is 0 Å². The highest BCUT2D eigenvalue weighted by atomic mass is 16.7. The number of fused-ring (bicyclic) bond motifs is 1. The van der Waals surface area contributed by atoms with Crippen LogP contribution in [0.5, 0.6) is 11.5 Å². The van der Waals surface area contributed by atoms with Crippen LogP contribution in [0.25, 0.3) is 0 Å². The first-order valence-corrected chi connectivity index (χ1v) is 5.57. The number of benzene rings is 1. The Kier molecular flexibility index (Phi) is 2.14. The molecule has 90 valence electrons. The predicted octanol–water partition coefficient (Wildman–Crippen LogP) is 1.69. The number of carbonyl (C=O) groups is 1. The molecule has 1 aliphatic heterocycles. The molecule has 0 radical (unpaired) electrons. The second-order valence-corrected chi connectivity index (χ2v) is 4.51. The van der Waals surface area contributed by atoms with Crippen molar-refractivity contribution in [2.45, 2.75) is 12.8 Å². The number of hydrogen-bond donors (Lipinski definition) is 2. The van der Waals surface area contributed by atoms with E-state index in [0.717, 1.165) is 24.3 Å². The van der Waals surface area contributed by atoms with Crippen molar-refractivity contribution in [1.82, 2.24) is 0 Å². The quantitative estimate of drug-likeness (QED) is 0.831. The maximum atomic E-state index is 11.0. The smallest absolute Gasteiger partial charge is 0.311 e. The first kappa shape index (κ1) is 10.3. The zero-order chi connectivity index (χ0) is 11.9. The van der Waals surface area contributed by atoms with Crippen LogP contribution in [0.1, 0.15) is 12.8 Å². The molecule has 1 aliphatic carbocycles. The van der Waals surface area contributed by atoms with Crippen molar-refractivity contribution in [3.05, 3.63) is 18.2 Å². The van der Waals surface area contributed by atoms with Crippen LogP contribution < -0.4 is 14.8 Å². The minimum Gasteiger partial charge on any atom is -0.481 e. The van der Waals surface area contributed by atoms with E-state index in [4.69, 9.17) is 14.6 Å². The first-order chi connectivity index (χ1) is 8.20. The summed E-state index contributed by atoms with van der Waals surface area (Å²) in [6.45, 7) is 0.708. The van der Waals surface area contributed by atoms with Gasteiger partial charge in [-0.25, -0.2) is 0 Å². The average Bonchev–Trinajstić information content (AvgIpc) is 2.98. The minimum absolute atomic E-state index is 0.248. The molecule has 0 aromatic heterocycles. The standard InChI is InChI=1S/C12H13NO4/c14-11(15)12(3-4-12)6-13-8-1-2-9-10(5-8)17-7-16-9/h1-2,5,13H,3-4,6-7H2,(H,14,15). The highest BCUT2D eigenvalue weighted by Gasteiger charge is 2.49. The van der Waals surface area contributed by atoms with E-state index in [1.54, 1.807) is 0 Å². The molecule has 3 rings (SSSR count). The van der Waals surface area contributed by atoms with E-state index in [1.807, 2.05) is 18.2 Å². The van der Waals surface area contributed by atoms with E-state index < -0.39 is 11.4 Å². The van der Waals surface area contributed by atoms with Crippen LogP contribution in [0.3, 0.4) is 0 Å². The summed E-state index contributed by atoms with van der Waals surface area (Å²) in [6, 6.07) is 5.52. The van der Waals surface area contributed by atoms with E-state index in [2.05, 4.69) is 5.32 Å². The molecule has 2 N–H and O–H groups in total. The van der Waals surface area contributed by atoms with Gasteiger partial charge in [0.2, 0.25) is 6.79 Å². The largest absolute Gasteiger partial charge is 0.481 e. The molecule has 0 spiro atoms. The number of rotatable bonds is 4. The van der Waals surface area contributed by atoms with Crippen molar-refractivity contribution in [2.75, 3.05) is 18.7 Å². The monoisotopic (exact) mass is 235 g/mol. The summed E-state index contributed by atoms with van der Waals surface area (Å²) < 4.78 is 10.5.